The lowest BCUT2D eigenvalue weighted by molar-refractivity contribution is -0.303. The summed E-state index contributed by atoms with van der Waals surface area (Å²) in [5.41, 5.74) is 0. The summed E-state index contributed by atoms with van der Waals surface area (Å²) in [6.07, 6.45) is 29.4. The van der Waals surface area contributed by atoms with E-state index in [0.717, 1.165) is 25.7 Å². The molecule has 8 N–H and O–H groups in total. The molecule has 11 heteroatoms. The average molecular weight is 812 g/mol. The van der Waals surface area contributed by atoms with Gasteiger partial charge in [-0.15, -0.1) is 0 Å². The van der Waals surface area contributed by atoms with E-state index in [2.05, 4.69) is 43.5 Å². The van der Waals surface area contributed by atoms with Crippen LogP contribution in [0, 0.1) is 0 Å². The molecule has 0 spiro atoms. The summed E-state index contributed by atoms with van der Waals surface area (Å²) in [6.45, 7) is 3.36. The summed E-state index contributed by atoms with van der Waals surface area (Å²) >= 11 is 0. The summed E-state index contributed by atoms with van der Waals surface area (Å²) in [6, 6.07) is -1.21. The summed E-state index contributed by atoms with van der Waals surface area (Å²) in [7, 11) is 0. The second kappa shape index (κ2) is 36.2. The Morgan fingerprint density at radius 3 is 1.63 bits per heavy atom. The first-order valence-corrected chi connectivity index (χ1v) is 22.9. The minimum atomic E-state index is -1.68. The number of aliphatic hydroxyl groups excluding tert-OH is 7. The Morgan fingerprint density at radius 1 is 0.632 bits per heavy atom. The zero-order valence-corrected chi connectivity index (χ0v) is 35.8. The maximum atomic E-state index is 13.0. The number of allylic oxidation sites excluding steroid dienone is 5. The normalized spacial score (nSPS) is 22.4. The van der Waals surface area contributed by atoms with Crippen molar-refractivity contribution >= 4 is 5.91 Å². The molecule has 334 valence electrons. The van der Waals surface area contributed by atoms with Crippen LogP contribution in [0.4, 0.5) is 0 Å². The summed E-state index contributed by atoms with van der Waals surface area (Å²) < 4.78 is 11.0. The summed E-state index contributed by atoms with van der Waals surface area (Å²) in [5.74, 6) is -0.775. The Hall–Kier alpha value is -1.67. The minimum Gasteiger partial charge on any atom is -0.394 e. The molecule has 9 atom stereocenters. The number of hydrogen-bond acceptors (Lipinski definition) is 10. The van der Waals surface area contributed by atoms with Crippen LogP contribution in [0.3, 0.4) is 0 Å². The van der Waals surface area contributed by atoms with Crippen LogP contribution < -0.4 is 5.32 Å². The van der Waals surface area contributed by atoms with Crippen LogP contribution in [0.2, 0.25) is 0 Å². The van der Waals surface area contributed by atoms with Gasteiger partial charge in [0.25, 0.3) is 0 Å². The smallest absolute Gasteiger partial charge is 0.249 e. The SMILES string of the molecule is CCCCCCCC/C=C\C/C=C\CC(O)C(=O)NC(COC1OC(CO)C(O)C(O)C1O)C(O)C(O)CCC/C=C/CCCCCCCCCCCCCCC. The van der Waals surface area contributed by atoms with Crippen LogP contribution in [0.1, 0.15) is 181 Å². The maximum Gasteiger partial charge on any atom is 0.249 e. The molecular formula is C46H85NO10. The van der Waals surface area contributed by atoms with E-state index in [0.29, 0.717) is 12.8 Å². The van der Waals surface area contributed by atoms with Gasteiger partial charge in [0.05, 0.1) is 25.4 Å². The number of rotatable bonds is 37. The van der Waals surface area contributed by atoms with Gasteiger partial charge >= 0.3 is 0 Å². The van der Waals surface area contributed by atoms with E-state index in [-0.39, 0.29) is 12.8 Å². The number of ether oxygens (including phenoxy) is 2. The zero-order chi connectivity index (χ0) is 41.9. The first-order chi connectivity index (χ1) is 27.7. The van der Waals surface area contributed by atoms with E-state index in [1.807, 2.05) is 6.08 Å². The number of carbonyl (C=O) groups is 1. The highest BCUT2D eigenvalue weighted by atomic mass is 16.7. The van der Waals surface area contributed by atoms with Crippen LogP contribution in [0.15, 0.2) is 36.5 Å². The molecule has 0 aromatic heterocycles. The third kappa shape index (κ3) is 26.2. The topological polar surface area (TPSA) is 189 Å². The molecule has 0 aliphatic carbocycles. The van der Waals surface area contributed by atoms with E-state index >= 15 is 0 Å². The molecule has 1 fully saturated rings. The van der Waals surface area contributed by atoms with Gasteiger partial charge in [-0.25, -0.2) is 0 Å². The molecule has 1 aliphatic heterocycles. The summed E-state index contributed by atoms with van der Waals surface area (Å²) in [4.78, 5) is 13.0. The van der Waals surface area contributed by atoms with Crippen molar-refractivity contribution in [2.75, 3.05) is 13.2 Å². The largest absolute Gasteiger partial charge is 0.394 e. The fourth-order valence-electron chi connectivity index (χ4n) is 7.07. The van der Waals surface area contributed by atoms with Gasteiger partial charge in [0.1, 0.15) is 36.6 Å². The maximum absolute atomic E-state index is 13.0. The Bertz CT molecular complexity index is 1020. The van der Waals surface area contributed by atoms with Gasteiger partial charge in [-0.2, -0.15) is 0 Å². The highest BCUT2D eigenvalue weighted by Gasteiger charge is 2.44. The van der Waals surface area contributed by atoms with Gasteiger partial charge in [-0.3, -0.25) is 4.79 Å². The van der Waals surface area contributed by atoms with Crippen LogP contribution in [-0.2, 0) is 14.3 Å². The minimum absolute atomic E-state index is 0.0433. The molecule has 0 radical (unpaired) electrons. The lowest BCUT2D eigenvalue weighted by Gasteiger charge is -2.40. The van der Waals surface area contributed by atoms with Crippen molar-refractivity contribution in [3.05, 3.63) is 36.5 Å². The molecule has 1 heterocycles. The van der Waals surface area contributed by atoms with Crippen molar-refractivity contribution in [2.24, 2.45) is 0 Å². The summed E-state index contributed by atoms with van der Waals surface area (Å²) in [5, 5.41) is 75.4. The second-order valence-corrected chi connectivity index (χ2v) is 16.1. The average Bonchev–Trinajstić information content (AvgIpc) is 3.21. The molecular weight excluding hydrogens is 727 g/mol. The first kappa shape index (κ1) is 53.3. The molecule has 11 nitrogen and oxygen atoms in total. The predicted molar refractivity (Wildman–Crippen MR) is 228 cm³/mol. The number of aliphatic hydroxyl groups is 7. The third-order valence-corrected chi connectivity index (χ3v) is 10.9. The first-order valence-electron chi connectivity index (χ1n) is 22.9. The van der Waals surface area contributed by atoms with E-state index < -0.39 is 74.2 Å². The van der Waals surface area contributed by atoms with Crippen LogP contribution in [0.25, 0.3) is 0 Å². The van der Waals surface area contributed by atoms with E-state index in [1.54, 1.807) is 6.08 Å². The molecule has 1 aliphatic rings. The lowest BCUT2D eigenvalue weighted by Crippen LogP contribution is -2.60. The van der Waals surface area contributed by atoms with Gasteiger partial charge in [-0.05, 0) is 51.4 Å². The standard InChI is InChI=1S/C46H85NO10/c1-3-5-7-9-11-13-15-17-18-19-20-21-22-24-25-27-29-31-33-38(49)41(51)37(36-56-46-44(54)43(53)42(52)40(35-48)57-46)47-45(55)39(50)34-32-30-28-26-23-16-14-12-10-8-6-4-2/h23,25-27,30,32,37-44,46,48-54H,3-22,24,28-29,31,33-36H2,1-2H3,(H,47,55)/b26-23-,27-25+,32-30-. The molecule has 0 aromatic rings. The number of hydrogen-bond donors (Lipinski definition) is 8. The molecule has 1 rings (SSSR count). The van der Waals surface area contributed by atoms with E-state index in [1.165, 1.54) is 116 Å². The molecule has 9 unspecified atom stereocenters. The Balaban J connectivity index is 2.52. The quantitative estimate of drug-likeness (QED) is 0.0235. The molecule has 57 heavy (non-hydrogen) atoms. The van der Waals surface area contributed by atoms with E-state index in [9.17, 15) is 40.5 Å². The number of amides is 1. The molecule has 1 amide bonds. The monoisotopic (exact) mass is 812 g/mol. The predicted octanol–water partition coefficient (Wildman–Crippen LogP) is 7.22. The van der Waals surface area contributed by atoms with Crippen molar-refractivity contribution in [1.82, 2.24) is 5.32 Å². The van der Waals surface area contributed by atoms with Gasteiger partial charge in [-0.1, -0.05) is 159 Å². The van der Waals surface area contributed by atoms with Crippen molar-refractivity contribution < 1.29 is 50.0 Å². The Labute approximate surface area is 346 Å². The number of carbonyl (C=O) groups excluding carboxylic acids is 1. The van der Waals surface area contributed by atoms with Gasteiger partial charge in [0, 0.05) is 6.42 Å². The molecule has 0 aromatic carbocycles. The van der Waals surface area contributed by atoms with Crippen molar-refractivity contribution in [3.63, 3.8) is 0 Å². The molecule has 0 saturated carbocycles. The van der Waals surface area contributed by atoms with Crippen molar-refractivity contribution in [2.45, 2.75) is 236 Å². The second-order valence-electron chi connectivity index (χ2n) is 16.1. The number of unbranched alkanes of at least 4 members (excludes halogenated alkanes) is 20. The van der Waals surface area contributed by atoms with Gasteiger partial charge in [0.15, 0.2) is 6.29 Å². The van der Waals surface area contributed by atoms with E-state index in [4.69, 9.17) is 9.47 Å². The highest BCUT2D eigenvalue weighted by Crippen LogP contribution is 2.23. The van der Waals surface area contributed by atoms with Gasteiger partial charge in [0.2, 0.25) is 5.91 Å². The Morgan fingerprint density at radius 2 is 1.11 bits per heavy atom. The van der Waals surface area contributed by atoms with Crippen LogP contribution in [0.5, 0.6) is 0 Å². The van der Waals surface area contributed by atoms with Crippen molar-refractivity contribution in [1.29, 1.82) is 0 Å². The fraction of sp³-hybridized carbons (Fsp3) is 0.848. The zero-order valence-electron chi connectivity index (χ0n) is 35.8. The van der Waals surface area contributed by atoms with Crippen molar-refractivity contribution in [3.8, 4) is 0 Å². The number of nitrogens with one attached hydrogen (secondary N) is 1. The van der Waals surface area contributed by atoms with Crippen LogP contribution >= 0.6 is 0 Å². The van der Waals surface area contributed by atoms with Crippen LogP contribution in [-0.4, -0.2) is 110 Å². The highest BCUT2D eigenvalue weighted by molar-refractivity contribution is 5.81. The third-order valence-electron chi connectivity index (χ3n) is 10.9. The molecule has 0 bridgehead atoms. The Kier molecular flexibility index (Phi) is 33.9. The molecule has 1 saturated heterocycles. The fourth-order valence-corrected chi connectivity index (χ4v) is 7.07. The van der Waals surface area contributed by atoms with Gasteiger partial charge < -0.3 is 50.5 Å². The lowest BCUT2D eigenvalue weighted by atomic mass is 9.99.